The molecule has 2 aromatic rings. The molecule has 0 radical (unpaired) electrons. The predicted octanol–water partition coefficient (Wildman–Crippen LogP) is 6.48. The van der Waals surface area contributed by atoms with E-state index < -0.39 is 0 Å². The van der Waals surface area contributed by atoms with Crippen LogP contribution < -0.4 is 10.4 Å². The van der Waals surface area contributed by atoms with Crippen LogP contribution in [0.5, 0.6) is 0 Å². The SMILES string of the molecule is C=C/C=C/C=C\C=C\C=C\C=c1\cccc\c1=C\C=C\C(=C)C(=C)c1ccccc1. The summed E-state index contributed by atoms with van der Waals surface area (Å²) in [6.45, 7) is 11.9. The van der Waals surface area contributed by atoms with Crippen molar-refractivity contribution in [2.75, 3.05) is 0 Å². The first-order valence-corrected chi connectivity index (χ1v) is 9.89. The van der Waals surface area contributed by atoms with Crippen molar-refractivity contribution >= 4 is 17.7 Å². The van der Waals surface area contributed by atoms with Gasteiger partial charge in [-0.05, 0) is 27.1 Å². The summed E-state index contributed by atoms with van der Waals surface area (Å²) < 4.78 is 0. The van der Waals surface area contributed by atoms with Gasteiger partial charge in [0.15, 0.2) is 0 Å². The highest BCUT2D eigenvalue weighted by atomic mass is 14.0. The van der Waals surface area contributed by atoms with Gasteiger partial charge in [-0.2, -0.15) is 0 Å². The molecular weight excluding hydrogens is 360 g/mol. The Labute approximate surface area is 180 Å². The maximum Gasteiger partial charge on any atom is -0.0184 e. The van der Waals surface area contributed by atoms with Crippen molar-refractivity contribution in [2.45, 2.75) is 0 Å². The Morgan fingerprint density at radius 2 is 1.07 bits per heavy atom. The second kappa shape index (κ2) is 13.3. The lowest BCUT2D eigenvalue weighted by atomic mass is 10.0. The van der Waals surface area contributed by atoms with E-state index in [4.69, 9.17) is 0 Å². The molecule has 0 nitrogen and oxygen atoms in total. The molecule has 0 aliphatic heterocycles. The zero-order valence-corrected chi connectivity index (χ0v) is 17.3. The van der Waals surface area contributed by atoms with Crippen LogP contribution in [0.3, 0.4) is 0 Å². The van der Waals surface area contributed by atoms with Crippen LogP contribution in [0.25, 0.3) is 17.7 Å². The van der Waals surface area contributed by atoms with Crippen LogP contribution in [0.15, 0.2) is 147 Å². The van der Waals surface area contributed by atoms with E-state index in [1.807, 2.05) is 103 Å². The van der Waals surface area contributed by atoms with E-state index in [9.17, 15) is 0 Å². The number of hydrogen-bond donors (Lipinski definition) is 0. The first kappa shape index (κ1) is 22.4. The van der Waals surface area contributed by atoms with Gasteiger partial charge in [-0.3, -0.25) is 0 Å². The molecule has 0 fully saturated rings. The van der Waals surface area contributed by atoms with Crippen molar-refractivity contribution in [1.29, 1.82) is 0 Å². The summed E-state index contributed by atoms with van der Waals surface area (Å²) in [5.41, 5.74) is 2.93. The summed E-state index contributed by atoms with van der Waals surface area (Å²) in [5, 5.41) is 2.30. The number of hydrogen-bond acceptors (Lipinski definition) is 0. The highest BCUT2D eigenvalue weighted by Crippen LogP contribution is 2.20. The molecule has 0 bridgehead atoms. The van der Waals surface area contributed by atoms with Crippen LogP contribution in [0.2, 0.25) is 0 Å². The van der Waals surface area contributed by atoms with E-state index in [1.165, 1.54) is 0 Å². The Morgan fingerprint density at radius 3 is 1.67 bits per heavy atom. The molecule has 0 unspecified atom stereocenters. The van der Waals surface area contributed by atoms with Gasteiger partial charge in [-0.15, -0.1) is 0 Å². The molecule has 0 saturated carbocycles. The Kier molecular flexibility index (Phi) is 9.93. The van der Waals surface area contributed by atoms with Crippen LogP contribution in [0.1, 0.15) is 5.56 Å². The van der Waals surface area contributed by atoms with Gasteiger partial charge in [-0.25, -0.2) is 0 Å². The third-order valence-electron chi connectivity index (χ3n) is 4.27. The number of allylic oxidation sites excluding steroid dienone is 13. The fraction of sp³-hybridized carbons (Fsp3) is 0. The summed E-state index contributed by atoms with van der Waals surface area (Å²) >= 11 is 0. The summed E-state index contributed by atoms with van der Waals surface area (Å²) in [7, 11) is 0. The van der Waals surface area contributed by atoms with Crippen molar-refractivity contribution in [3.05, 3.63) is 163 Å². The first-order valence-electron chi connectivity index (χ1n) is 9.89. The van der Waals surface area contributed by atoms with Crippen LogP contribution in [0.4, 0.5) is 0 Å². The molecule has 0 saturated heterocycles. The third-order valence-corrected chi connectivity index (χ3v) is 4.27. The molecule has 0 amide bonds. The first-order chi connectivity index (χ1) is 14.7. The van der Waals surface area contributed by atoms with E-state index in [0.717, 1.165) is 27.1 Å². The average molecular weight is 389 g/mol. The lowest BCUT2D eigenvalue weighted by molar-refractivity contribution is 1.52. The van der Waals surface area contributed by atoms with Crippen molar-refractivity contribution < 1.29 is 0 Å². The monoisotopic (exact) mass is 388 g/mol. The van der Waals surface area contributed by atoms with Crippen LogP contribution in [-0.4, -0.2) is 0 Å². The van der Waals surface area contributed by atoms with E-state index >= 15 is 0 Å². The maximum absolute atomic E-state index is 4.15. The molecule has 2 aromatic carbocycles. The third kappa shape index (κ3) is 8.00. The predicted molar refractivity (Wildman–Crippen MR) is 135 cm³/mol. The number of benzene rings is 2. The van der Waals surface area contributed by atoms with Crippen molar-refractivity contribution in [2.24, 2.45) is 0 Å². The molecule has 0 aliphatic carbocycles. The van der Waals surface area contributed by atoms with Gasteiger partial charge in [0.25, 0.3) is 0 Å². The molecule has 148 valence electrons. The summed E-state index contributed by atoms with van der Waals surface area (Å²) in [6, 6.07) is 18.4. The van der Waals surface area contributed by atoms with Gasteiger partial charge in [0.05, 0.1) is 0 Å². The Balaban J connectivity index is 2.08. The molecular formula is C30H28. The molecule has 0 N–H and O–H groups in total. The van der Waals surface area contributed by atoms with E-state index in [1.54, 1.807) is 6.08 Å². The Hall–Kier alpha value is -3.90. The minimum atomic E-state index is 0.903. The fourth-order valence-corrected chi connectivity index (χ4v) is 2.63. The quantitative estimate of drug-likeness (QED) is 0.431. The van der Waals surface area contributed by atoms with Crippen molar-refractivity contribution in [1.82, 2.24) is 0 Å². The Bertz CT molecular complexity index is 1110. The normalized spacial score (nSPS) is 13.5. The number of rotatable bonds is 9. The van der Waals surface area contributed by atoms with Gasteiger partial charge in [-0.1, -0.05) is 153 Å². The second-order valence-electron chi connectivity index (χ2n) is 6.47. The topological polar surface area (TPSA) is 0 Å². The molecule has 2 rings (SSSR count). The Morgan fingerprint density at radius 1 is 0.567 bits per heavy atom. The zero-order valence-electron chi connectivity index (χ0n) is 17.3. The minimum absolute atomic E-state index is 0.903. The molecule has 0 atom stereocenters. The molecule has 30 heavy (non-hydrogen) atoms. The van der Waals surface area contributed by atoms with Crippen LogP contribution in [0, 0.1) is 0 Å². The summed E-state index contributed by atoms with van der Waals surface area (Å²) in [6.07, 6.45) is 25.8. The van der Waals surface area contributed by atoms with E-state index in [2.05, 4.69) is 44.0 Å². The van der Waals surface area contributed by atoms with Gasteiger partial charge in [0, 0.05) is 0 Å². The van der Waals surface area contributed by atoms with Gasteiger partial charge < -0.3 is 0 Å². The van der Waals surface area contributed by atoms with Gasteiger partial charge in [0.1, 0.15) is 0 Å². The maximum atomic E-state index is 4.15. The van der Waals surface area contributed by atoms with Crippen LogP contribution >= 0.6 is 0 Å². The van der Waals surface area contributed by atoms with Gasteiger partial charge >= 0.3 is 0 Å². The lowest BCUT2D eigenvalue weighted by Gasteiger charge is -2.04. The smallest absolute Gasteiger partial charge is 0.0184 e. The fourth-order valence-electron chi connectivity index (χ4n) is 2.63. The largest absolute Gasteiger partial charge is 0.0991 e. The van der Waals surface area contributed by atoms with Crippen molar-refractivity contribution in [3.8, 4) is 0 Å². The molecule has 0 heteroatoms. The second-order valence-corrected chi connectivity index (χ2v) is 6.47. The molecule has 0 aliphatic rings. The standard InChI is InChI=1S/C30H28/c1-4-5-6-7-8-9-10-11-13-22-29-23-16-17-24-30(29)25-18-19-26(2)27(3)28-20-14-12-15-21-28/h4-25H,1-3H2/b6-5+,8-7-,10-9+,13-11+,19-18+,29-22-,30-25-. The van der Waals surface area contributed by atoms with Gasteiger partial charge in [0.2, 0.25) is 0 Å². The lowest BCUT2D eigenvalue weighted by Crippen LogP contribution is -2.22. The molecule has 0 spiro atoms. The highest BCUT2D eigenvalue weighted by molar-refractivity contribution is 5.79. The summed E-state index contributed by atoms with van der Waals surface area (Å²) in [5.74, 6) is 0. The van der Waals surface area contributed by atoms with E-state index in [-0.39, 0.29) is 0 Å². The average Bonchev–Trinajstić information content (AvgIpc) is 2.79. The molecule has 0 heterocycles. The minimum Gasteiger partial charge on any atom is -0.0991 e. The van der Waals surface area contributed by atoms with Crippen molar-refractivity contribution in [3.63, 3.8) is 0 Å². The molecule has 0 aromatic heterocycles. The van der Waals surface area contributed by atoms with Crippen LogP contribution in [-0.2, 0) is 0 Å². The summed E-state index contributed by atoms with van der Waals surface area (Å²) in [4.78, 5) is 0. The van der Waals surface area contributed by atoms with E-state index in [0.29, 0.717) is 0 Å². The highest BCUT2D eigenvalue weighted by Gasteiger charge is 1.98. The zero-order chi connectivity index (χ0) is 21.4.